The van der Waals surface area contributed by atoms with Crippen molar-refractivity contribution < 1.29 is 17.4 Å². The van der Waals surface area contributed by atoms with E-state index >= 15 is 0 Å². The number of rotatable bonds is 6. The Labute approximate surface area is 114 Å². The minimum absolute atomic E-state index is 0.0452. The van der Waals surface area contributed by atoms with Crippen LogP contribution in [0.1, 0.15) is 17.3 Å². The number of nitrogens with one attached hydrogen (secondary N) is 1. The summed E-state index contributed by atoms with van der Waals surface area (Å²) >= 11 is 0. The van der Waals surface area contributed by atoms with Crippen LogP contribution in [0.2, 0.25) is 0 Å². The van der Waals surface area contributed by atoms with Gasteiger partial charge in [0.2, 0.25) is 10.0 Å². The molecule has 1 rings (SSSR count). The summed E-state index contributed by atoms with van der Waals surface area (Å²) in [6.07, 6.45) is 0. The highest BCUT2D eigenvalue weighted by molar-refractivity contribution is 7.89. The van der Waals surface area contributed by atoms with E-state index in [0.29, 0.717) is 23.6 Å². The summed E-state index contributed by atoms with van der Waals surface area (Å²) in [7, 11) is -4.67. The van der Waals surface area contributed by atoms with Gasteiger partial charge >= 0.3 is 0 Å². The molecule has 0 saturated carbocycles. The maximum atomic E-state index is 11.7. The van der Waals surface area contributed by atoms with Gasteiger partial charge in [-0.15, -0.1) is 0 Å². The topological polar surface area (TPSA) is 106 Å². The third kappa shape index (κ3) is 5.09. The molecule has 1 amide bonds. The molecule has 0 aliphatic heterocycles. The van der Waals surface area contributed by atoms with E-state index in [0.717, 1.165) is 0 Å². The SMILES string of the molecule is CCS(=O)CCNC(=O)c1ccc(S(N)(=O)=O)cc1. The Morgan fingerprint density at radius 3 is 2.37 bits per heavy atom. The lowest BCUT2D eigenvalue weighted by atomic mass is 10.2. The van der Waals surface area contributed by atoms with Crippen LogP contribution >= 0.6 is 0 Å². The van der Waals surface area contributed by atoms with Crippen molar-refractivity contribution in [2.45, 2.75) is 11.8 Å². The zero-order chi connectivity index (χ0) is 14.5. The van der Waals surface area contributed by atoms with E-state index in [1.54, 1.807) is 0 Å². The van der Waals surface area contributed by atoms with Crippen LogP contribution in [0.3, 0.4) is 0 Å². The molecule has 8 heteroatoms. The van der Waals surface area contributed by atoms with Gasteiger partial charge in [-0.1, -0.05) is 6.92 Å². The molecule has 1 unspecified atom stereocenters. The van der Waals surface area contributed by atoms with Gasteiger partial charge in [0.05, 0.1) is 4.90 Å². The first-order chi connectivity index (χ1) is 8.84. The van der Waals surface area contributed by atoms with Crippen LogP contribution in [0, 0.1) is 0 Å². The normalized spacial score (nSPS) is 12.9. The molecule has 0 heterocycles. The van der Waals surface area contributed by atoms with Crippen molar-refractivity contribution in [1.82, 2.24) is 5.32 Å². The van der Waals surface area contributed by atoms with E-state index in [2.05, 4.69) is 5.32 Å². The number of carbonyl (C=O) groups is 1. The van der Waals surface area contributed by atoms with Crippen LogP contribution in [0.25, 0.3) is 0 Å². The molecule has 0 spiro atoms. The third-order valence-electron chi connectivity index (χ3n) is 2.38. The molecule has 0 saturated heterocycles. The number of sulfonamides is 1. The number of nitrogens with two attached hydrogens (primary N) is 1. The second-order valence-corrected chi connectivity index (χ2v) is 7.18. The van der Waals surface area contributed by atoms with Crippen molar-refractivity contribution in [3.63, 3.8) is 0 Å². The number of benzene rings is 1. The lowest BCUT2D eigenvalue weighted by Crippen LogP contribution is -2.28. The van der Waals surface area contributed by atoms with Gasteiger partial charge in [-0.05, 0) is 24.3 Å². The molecular weight excluding hydrogens is 288 g/mol. The molecule has 1 atom stereocenters. The lowest BCUT2D eigenvalue weighted by molar-refractivity contribution is 0.0956. The van der Waals surface area contributed by atoms with Gasteiger partial charge < -0.3 is 5.32 Å². The molecule has 0 radical (unpaired) electrons. The molecule has 1 aromatic carbocycles. The van der Waals surface area contributed by atoms with Crippen LogP contribution in [0.4, 0.5) is 0 Å². The largest absolute Gasteiger partial charge is 0.351 e. The molecule has 19 heavy (non-hydrogen) atoms. The lowest BCUT2D eigenvalue weighted by Gasteiger charge is -2.05. The zero-order valence-electron chi connectivity index (χ0n) is 10.5. The minimum atomic E-state index is -3.75. The maximum Gasteiger partial charge on any atom is 0.251 e. The number of carbonyl (C=O) groups excluding carboxylic acids is 1. The summed E-state index contributed by atoms with van der Waals surface area (Å²) in [5, 5.41) is 7.56. The molecule has 0 aromatic heterocycles. The molecular formula is C11H16N2O4S2. The van der Waals surface area contributed by atoms with Crippen LogP contribution in [0.5, 0.6) is 0 Å². The first-order valence-corrected chi connectivity index (χ1v) is 8.64. The molecule has 6 nitrogen and oxygen atoms in total. The van der Waals surface area contributed by atoms with Crippen molar-refractivity contribution in [2.24, 2.45) is 5.14 Å². The Bertz CT molecular complexity index is 567. The van der Waals surface area contributed by atoms with E-state index in [1.165, 1.54) is 24.3 Å². The Morgan fingerprint density at radius 1 is 1.32 bits per heavy atom. The predicted molar refractivity (Wildman–Crippen MR) is 73.7 cm³/mol. The van der Waals surface area contributed by atoms with Crippen molar-refractivity contribution in [3.8, 4) is 0 Å². The fourth-order valence-electron chi connectivity index (χ4n) is 1.32. The average Bonchev–Trinajstić information content (AvgIpc) is 2.37. The van der Waals surface area contributed by atoms with Crippen molar-refractivity contribution in [2.75, 3.05) is 18.1 Å². The van der Waals surface area contributed by atoms with Gasteiger partial charge in [-0.3, -0.25) is 9.00 Å². The summed E-state index contributed by atoms with van der Waals surface area (Å²) in [5.74, 6) is 0.616. The fourth-order valence-corrected chi connectivity index (χ4v) is 2.45. The zero-order valence-corrected chi connectivity index (χ0v) is 12.1. The van der Waals surface area contributed by atoms with Crippen LogP contribution in [0.15, 0.2) is 29.2 Å². The maximum absolute atomic E-state index is 11.7. The summed E-state index contributed by atoms with van der Waals surface area (Å²) in [4.78, 5) is 11.6. The Hall–Kier alpha value is -1.25. The van der Waals surface area contributed by atoms with Crippen LogP contribution < -0.4 is 10.5 Å². The van der Waals surface area contributed by atoms with Crippen molar-refractivity contribution >= 4 is 26.7 Å². The van der Waals surface area contributed by atoms with Gasteiger partial charge in [0.1, 0.15) is 0 Å². The summed E-state index contributed by atoms with van der Waals surface area (Å²) in [6.45, 7) is 2.13. The van der Waals surface area contributed by atoms with E-state index in [9.17, 15) is 17.4 Å². The standard InChI is InChI=1S/C11H16N2O4S2/c1-2-18(15)8-7-13-11(14)9-3-5-10(6-4-9)19(12,16)17/h3-6H,2,7-8H2,1H3,(H,13,14)(H2,12,16,17). The minimum Gasteiger partial charge on any atom is -0.351 e. The number of hydrogen-bond acceptors (Lipinski definition) is 4. The number of amides is 1. The van der Waals surface area contributed by atoms with Crippen molar-refractivity contribution in [3.05, 3.63) is 29.8 Å². The molecule has 0 aliphatic rings. The van der Waals surface area contributed by atoms with E-state index in [4.69, 9.17) is 5.14 Å². The number of primary sulfonamides is 1. The van der Waals surface area contributed by atoms with Crippen molar-refractivity contribution in [1.29, 1.82) is 0 Å². The highest BCUT2D eigenvalue weighted by atomic mass is 32.2. The first-order valence-electron chi connectivity index (χ1n) is 5.60. The molecule has 1 aromatic rings. The summed E-state index contributed by atoms with van der Waals surface area (Å²) in [6, 6.07) is 5.31. The van der Waals surface area contributed by atoms with Crippen LogP contribution in [-0.2, 0) is 20.8 Å². The van der Waals surface area contributed by atoms with E-state index < -0.39 is 20.8 Å². The van der Waals surface area contributed by atoms with Gasteiger partial charge in [0.25, 0.3) is 5.91 Å². The van der Waals surface area contributed by atoms with Gasteiger partial charge in [-0.2, -0.15) is 0 Å². The average molecular weight is 304 g/mol. The molecule has 0 aliphatic carbocycles. The van der Waals surface area contributed by atoms with E-state index in [1.807, 2.05) is 6.92 Å². The smallest absolute Gasteiger partial charge is 0.251 e. The van der Waals surface area contributed by atoms with Crippen LogP contribution in [-0.4, -0.2) is 36.6 Å². The Kier molecular flexibility index (Phi) is 5.64. The summed E-state index contributed by atoms with van der Waals surface area (Å²) < 4.78 is 33.2. The van der Waals surface area contributed by atoms with Gasteiger partial charge in [0, 0.05) is 34.4 Å². The van der Waals surface area contributed by atoms with Gasteiger partial charge in [-0.25, -0.2) is 13.6 Å². The Balaban J connectivity index is 2.61. The molecule has 3 N–H and O–H groups in total. The molecule has 0 fully saturated rings. The first kappa shape index (κ1) is 15.8. The monoisotopic (exact) mass is 304 g/mol. The Morgan fingerprint density at radius 2 is 1.89 bits per heavy atom. The molecule has 0 bridgehead atoms. The summed E-state index contributed by atoms with van der Waals surface area (Å²) in [5.41, 5.74) is 0.328. The highest BCUT2D eigenvalue weighted by Crippen LogP contribution is 2.08. The third-order valence-corrected chi connectivity index (χ3v) is 4.61. The second-order valence-electron chi connectivity index (χ2n) is 3.76. The highest BCUT2D eigenvalue weighted by Gasteiger charge is 2.10. The quantitative estimate of drug-likeness (QED) is 0.761. The fraction of sp³-hybridized carbons (Fsp3) is 0.364. The second kappa shape index (κ2) is 6.78. The number of hydrogen-bond donors (Lipinski definition) is 2. The van der Waals surface area contributed by atoms with Gasteiger partial charge in [0.15, 0.2) is 0 Å². The van der Waals surface area contributed by atoms with E-state index in [-0.39, 0.29) is 10.8 Å². The molecule has 106 valence electrons. The predicted octanol–water partition coefficient (Wildman–Crippen LogP) is -0.168.